The molecule has 0 bridgehead atoms. The Hall–Kier alpha value is -0.194. The molecule has 1 aromatic carbocycles. The van der Waals surface area contributed by atoms with E-state index in [0.29, 0.717) is 0 Å². The topological polar surface area (TPSA) is 37.3 Å². The molecule has 0 radical (unpaired) electrons. The van der Waals surface area contributed by atoms with E-state index in [2.05, 4.69) is 0 Å². The molecule has 0 saturated heterocycles. The first-order valence-electron chi connectivity index (χ1n) is 3.18. The van der Waals surface area contributed by atoms with Gasteiger partial charge in [-0.1, -0.05) is 18.2 Å². The third-order valence-electron chi connectivity index (χ3n) is 1.11. The Morgan fingerprint density at radius 2 is 2.00 bits per heavy atom. The molecule has 4 heteroatoms. The molecule has 62 valence electrons. The Bertz CT molecular complexity index is 246. The summed E-state index contributed by atoms with van der Waals surface area (Å²) in [5, 5.41) is 8.35. The van der Waals surface area contributed by atoms with E-state index >= 15 is 0 Å². The van der Waals surface area contributed by atoms with Crippen molar-refractivity contribution in [3.63, 3.8) is 0 Å². The van der Waals surface area contributed by atoms with Gasteiger partial charge in [0.25, 0.3) is 0 Å². The normalized spacial score (nSPS) is 8.67. The molecule has 0 aliphatic carbocycles. The number of carboxylic acid groups (broad SMARTS) is 1. The molecule has 12 heavy (non-hydrogen) atoms. The number of rotatable bonds is 3. The summed E-state index contributed by atoms with van der Waals surface area (Å²) in [6.07, 6.45) is 0. The number of hydrogen-bond donors (Lipinski definition) is 1. The molecule has 0 heterocycles. The van der Waals surface area contributed by atoms with Gasteiger partial charge in [-0.3, -0.25) is 4.79 Å². The minimum atomic E-state index is -0.779. The van der Waals surface area contributed by atoms with Gasteiger partial charge in [-0.05, 0) is 12.1 Å². The van der Waals surface area contributed by atoms with Crippen molar-refractivity contribution in [1.82, 2.24) is 0 Å². The third kappa shape index (κ3) is 4.64. The Morgan fingerprint density at radius 3 is 2.50 bits per heavy atom. The average Bonchev–Trinajstić information content (AvgIpc) is 2.03. The molecule has 0 unspecified atom stereocenters. The van der Waals surface area contributed by atoms with Crippen molar-refractivity contribution in [1.29, 1.82) is 0 Å². The molecule has 1 N–H and O–H groups in total. The number of hydrogen-bond acceptors (Lipinski definition) is 2. The van der Waals surface area contributed by atoms with Crippen molar-refractivity contribution in [2.45, 2.75) is 4.90 Å². The number of carboxylic acids is 1. The Kier molecular flexibility index (Phi) is 6.23. The number of aliphatic carboxylic acids is 1. The van der Waals surface area contributed by atoms with Crippen LogP contribution in [0.4, 0.5) is 0 Å². The van der Waals surface area contributed by atoms with Crippen molar-refractivity contribution in [3.8, 4) is 0 Å². The van der Waals surface area contributed by atoms with E-state index in [0.717, 1.165) is 4.90 Å². The fourth-order valence-electron chi connectivity index (χ4n) is 0.662. The van der Waals surface area contributed by atoms with Crippen molar-refractivity contribution in [3.05, 3.63) is 30.3 Å². The zero-order chi connectivity index (χ0) is 8.10. The third-order valence-corrected chi connectivity index (χ3v) is 2.10. The van der Waals surface area contributed by atoms with E-state index in [9.17, 15) is 4.79 Å². The van der Waals surface area contributed by atoms with Gasteiger partial charge in [0, 0.05) is 4.90 Å². The summed E-state index contributed by atoms with van der Waals surface area (Å²) in [6, 6.07) is 9.49. The van der Waals surface area contributed by atoms with Gasteiger partial charge < -0.3 is 7.96 Å². The van der Waals surface area contributed by atoms with Crippen LogP contribution in [0.15, 0.2) is 35.2 Å². The van der Waals surface area contributed by atoms with Crippen LogP contribution in [-0.4, -0.2) is 39.9 Å². The van der Waals surface area contributed by atoms with E-state index in [1.807, 2.05) is 30.3 Å². The summed E-state index contributed by atoms with van der Waals surface area (Å²) in [7, 11) is 0. The molecule has 0 aliphatic heterocycles. The summed E-state index contributed by atoms with van der Waals surface area (Å²) in [5.41, 5.74) is 0. The molecular weight excluding hydrogens is 184 g/mol. The minimum absolute atomic E-state index is 0. The molecule has 1 rings (SSSR count). The van der Waals surface area contributed by atoms with Crippen molar-refractivity contribution in [2.75, 3.05) is 5.75 Å². The van der Waals surface area contributed by atoms with Gasteiger partial charge in [-0.2, -0.15) is 0 Å². The molecule has 2 nitrogen and oxygen atoms in total. The maximum atomic E-state index is 10.2. The van der Waals surface area contributed by atoms with Crippen LogP contribution in [0.2, 0.25) is 0 Å². The second-order valence-corrected chi connectivity index (χ2v) is 3.04. The number of thioether (sulfide) groups is 1. The minimum Gasteiger partial charge on any atom is -1.00 e. The SMILES string of the molecule is O=C(O)CSc1ccccc1.[H-].[H-].[Mg+2]. The maximum Gasteiger partial charge on any atom is 2.00 e. The Balaban J connectivity index is -0.000000403. The summed E-state index contributed by atoms with van der Waals surface area (Å²) < 4.78 is 0. The predicted octanol–water partition coefficient (Wildman–Crippen LogP) is 1.71. The van der Waals surface area contributed by atoms with E-state index in [1.165, 1.54) is 11.8 Å². The van der Waals surface area contributed by atoms with Gasteiger partial charge in [-0.15, -0.1) is 11.8 Å². The van der Waals surface area contributed by atoms with Gasteiger partial charge in [0.2, 0.25) is 0 Å². The van der Waals surface area contributed by atoms with Gasteiger partial charge in [0.05, 0.1) is 5.75 Å². The van der Waals surface area contributed by atoms with Crippen LogP contribution >= 0.6 is 11.8 Å². The van der Waals surface area contributed by atoms with Gasteiger partial charge >= 0.3 is 29.0 Å². The van der Waals surface area contributed by atoms with Crippen LogP contribution in [0.5, 0.6) is 0 Å². The molecule has 0 aromatic heterocycles. The molecule has 0 aliphatic rings. The zero-order valence-electron chi connectivity index (χ0n) is 8.56. The van der Waals surface area contributed by atoms with Gasteiger partial charge in [0.15, 0.2) is 0 Å². The smallest absolute Gasteiger partial charge is 1.00 e. The Labute approximate surface area is 94.5 Å². The fourth-order valence-corrected chi connectivity index (χ4v) is 1.30. The second-order valence-electron chi connectivity index (χ2n) is 2.00. The van der Waals surface area contributed by atoms with E-state index in [1.54, 1.807) is 0 Å². The predicted molar refractivity (Wildman–Crippen MR) is 52.8 cm³/mol. The van der Waals surface area contributed by atoms with E-state index in [4.69, 9.17) is 5.11 Å². The fraction of sp³-hybridized carbons (Fsp3) is 0.125. The first-order valence-corrected chi connectivity index (χ1v) is 4.17. The average molecular weight is 195 g/mol. The molecule has 0 saturated carbocycles. The van der Waals surface area contributed by atoms with Crippen LogP contribution < -0.4 is 0 Å². The maximum absolute atomic E-state index is 10.2. The summed E-state index contributed by atoms with van der Waals surface area (Å²) in [5.74, 6) is -0.650. The molecule has 0 atom stereocenters. The van der Waals surface area contributed by atoms with E-state index < -0.39 is 5.97 Å². The quantitative estimate of drug-likeness (QED) is 0.588. The molecule has 0 spiro atoms. The van der Waals surface area contributed by atoms with Gasteiger partial charge in [0.1, 0.15) is 0 Å². The van der Waals surface area contributed by atoms with Crippen molar-refractivity contribution >= 4 is 40.8 Å². The molecule has 1 aromatic rings. The van der Waals surface area contributed by atoms with Crippen LogP contribution in [0, 0.1) is 0 Å². The standard InChI is InChI=1S/C8H8O2S.Mg.2H/c9-8(10)6-11-7-4-2-1-3-5-7;;;/h1-5H,6H2,(H,9,10);;;/q;+2;2*-1. The second kappa shape index (κ2) is 6.34. The summed E-state index contributed by atoms with van der Waals surface area (Å²) in [4.78, 5) is 11.1. The van der Waals surface area contributed by atoms with Crippen LogP contribution in [0.1, 0.15) is 2.85 Å². The molecule has 0 amide bonds. The number of carbonyl (C=O) groups is 1. The molecular formula is C8H10MgO2S. The van der Waals surface area contributed by atoms with Crippen LogP contribution in [0.25, 0.3) is 0 Å². The summed E-state index contributed by atoms with van der Waals surface area (Å²) in [6.45, 7) is 0. The number of benzene rings is 1. The molecule has 0 fully saturated rings. The van der Waals surface area contributed by atoms with Crippen LogP contribution in [0.3, 0.4) is 0 Å². The Morgan fingerprint density at radius 1 is 1.42 bits per heavy atom. The largest absolute Gasteiger partial charge is 2.00 e. The van der Waals surface area contributed by atoms with Crippen molar-refractivity contribution in [2.24, 2.45) is 0 Å². The zero-order valence-corrected chi connectivity index (χ0v) is 8.80. The van der Waals surface area contributed by atoms with Gasteiger partial charge in [-0.25, -0.2) is 0 Å². The van der Waals surface area contributed by atoms with Crippen LogP contribution in [-0.2, 0) is 4.79 Å². The first-order chi connectivity index (χ1) is 5.29. The van der Waals surface area contributed by atoms with Crippen molar-refractivity contribution < 1.29 is 12.8 Å². The summed E-state index contributed by atoms with van der Waals surface area (Å²) >= 11 is 1.33. The monoisotopic (exact) mass is 194 g/mol. The first kappa shape index (κ1) is 11.8. The van der Waals surface area contributed by atoms with E-state index in [-0.39, 0.29) is 31.7 Å².